The molecular formula is C13H25NO. The van der Waals surface area contributed by atoms with Gasteiger partial charge < -0.3 is 10.0 Å². The maximum Gasteiger partial charge on any atom is 0.0776 e. The molecule has 1 N–H and O–H groups in total. The molecule has 0 spiro atoms. The molecule has 2 fully saturated rings. The normalized spacial score (nSPS) is 39.2. The molecule has 1 heterocycles. The van der Waals surface area contributed by atoms with E-state index < -0.39 is 0 Å². The zero-order valence-corrected chi connectivity index (χ0v) is 10.0. The van der Waals surface area contributed by atoms with E-state index in [1.807, 2.05) is 0 Å². The number of hydrogen-bond donors (Lipinski definition) is 1. The van der Waals surface area contributed by atoms with Crippen LogP contribution in [-0.4, -0.2) is 35.2 Å². The standard InChI is InChI=1S/C13H25NO/c1-12-6-5-7-13(15,10-12)11-14-8-3-2-4-9-14/h12,15H,2-11H2,1H3. The molecule has 0 bridgehead atoms. The molecule has 0 aromatic rings. The number of aliphatic hydroxyl groups is 1. The highest BCUT2D eigenvalue weighted by atomic mass is 16.3. The van der Waals surface area contributed by atoms with Gasteiger partial charge in [-0.2, -0.15) is 0 Å². The summed E-state index contributed by atoms with van der Waals surface area (Å²) in [4.78, 5) is 2.47. The fraction of sp³-hybridized carbons (Fsp3) is 1.00. The molecule has 1 aliphatic heterocycles. The molecule has 2 aliphatic rings. The Balaban J connectivity index is 1.85. The lowest BCUT2D eigenvalue weighted by atomic mass is 9.78. The lowest BCUT2D eigenvalue weighted by Crippen LogP contribution is -2.47. The fourth-order valence-electron chi connectivity index (χ4n) is 3.31. The van der Waals surface area contributed by atoms with Crippen LogP contribution < -0.4 is 0 Å². The number of piperidine rings is 1. The molecule has 0 aromatic carbocycles. The number of nitrogens with zero attached hydrogens (tertiary/aromatic N) is 1. The molecule has 15 heavy (non-hydrogen) atoms. The second-order valence-electron chi connectivity index (χ2n) is 5.76. The van der Waals surface area contributed by atoms with E-state index in [9.17, 15) is 5.11 Å². The average Bonchev–Trinajstić information content (AvgIpc) is 2.18. The van der Waals surface area contributed by atoms with E-state index in [0.717, 1.165) is 19.4 Å². The molecule has 1 aliphatic carbocycles. The third-order valence-corrected chi connectivity index (χ3v) is 4.03. The molecule has 2 atom stereocenters. The highest BCUT2D eigenvalue weighted by molar-refractivity contribution is 4.88. The predicted octanol–water partition coefficient (Wildman–Crippen LogP) is 2.41. The van der Waals surface area contributed by atoms with Crippen molar-refractivity contribution in [3.63, 3.8) is 0 Å². The highest BCUT2D eigenvalue weighted by Gasteiger charge is 2.34. The Morgan fingerprint density at radius 2 is 1.93 bits per heavy atom. The summed E-state index contributed by atoms with van der Waals surface area (Å²) in [6.45, 7) is 5.62. The molecule has 0 aromatic heterocycles. The van der Waals surface area contributed by atoms with E-state index in [2.05, 4.69) is 11.8 Å². The van der Waals surface area contributed by atoms with Gasteiger partial charge in [0.1, 0.15) is 0 Å². The zero-order chi connectivity index (χ0) is 10.7. The van der Waals surface area contributed by atoms with Gasteiger partial charge in [-0.05, 0) is 44.7 Å². The summed E-state index contributed by atoms with van der Waals surface area (Å²) in [5, 5.41) is 10.6. The van der Waals surface area contributed by atoms with Crippen molar-refractivity contribution in [2.24, 2.45) is 5.92 Å². The van der Waals surface area contributed by atoms with Gasteiger partial charge in [0.2, 0.25) is 0 Å². The monoisotopic (exact) mass is 211 g/mol. The largest absolute Gasteiger partial charge is 0.389 e. The SMILES string of the molecule is CC1CCCC(O)(CN2CCCCC2)C1. The molecule has 88 valence electrons. The number of rotatable bonds is 2. The van der Waals surface area contributed by atoms with E-state index in [1.54, 1.807) is 0 Å². The summed E-state index contributed by atoms with van der Waals surface area (Å²) >= 11 is 0. The molecule has 1 saturated carbocycles. The van der Waals surface area contributed by atoms with E-state index in [4.69, 9.17) is 0 Å². The van der Waals surface area contributed by atoms with Crippen molar-refractivity contribution in [3.05, 3.63) is 0 Å². The molecular weight excluding hydrogens is 186 g/mol. The van der Waals surface area contributed by atoms with Crippen LogP contribution in [0.5, 0.6) is 0 Å². The maximum atomic E-state index is 10.6. The summed E-state index contributed by atoms with van der Waals surface area (Å²) in [6, 6.07) is 0. The van der Waals surface area contributed by atoms with Gasteiger partial charge in [-0.25, -0.2) is 0 Å². The van der Waals surface area contributed by atoms with Crippen molar-refractivity contribution in [2.75, 3.05) is 19.6 Å². The summed E-state index contributed by atoms with van der Waals surface area (Å²) in [6.07, 6.45) is 8.59. The first-order valence-electron chi connectivity index (χ1n) is 6.63. The molecule has 1 saturated heterocycles. The quantitative estimate of drug-likeness (QED) is 0.758. The van der Waals surface area contributed by atoms with Gasteiger partial charge in [0.25, 0.3) is 0 Å². The second kappa shape index (κ2) is 4.84. The van der Waals surface area contributed by atoms with Crippen LogP contribution in [0.3, 0.4) is 0 Å². The van der Waals surface area contributed by atoms with Crippen LogP contribution in [0.4, 0.5) is 0 Å². The number of hydrogen-bond acceptors (Lipinski definition) is 2. The van der Waals surface area contributed by atoms with Crippen molar-refractivity contribution in [1.29, 1.82) is 0 Å². The molecule has 2 unspecified atom stereocenters. The van der Waals surface area contributed by atoms with Gasteiger partial charge in [0.05, 0.1) is 5.60 Å². The van der Waals surface area contributed by atoms with Crippen molar-refractivity contribution < 1.29 is 5.11 Å². The lowest BCUT2D eigenvalue weighted by Gasteiger charge is -2.40. The van der Waals surface area contributed by atoms with E-state index >= 15 is 0 Å². The minimum Gasteiger partial charge on any atom is -0.389 e. The summed E-state index contributed by atoms with van der Waals surface area (Å²) < 4.78 is 0. The first kappa shape index (κ1) is 11.4. The predicted molar refractivity (Wildman–Crippen MR) is 62.9 cm³/mol. The zero-order valence-electron chi connectivity index (χ0n) is 10.0. The van der Waals surface area contributed by atoms with Crippen molar-refractivity contribution in [3.8, 4) is 0 Å². The molecule has 2 heteroatoms. The third kappa shape index (κ3) is 3.18. The Morgan fingerprint density at radius 1 is 1.20 bits per heavy atom. The molecule has 2 nitrogen and oxygen atoms in total. The molecule has 0 amide bonds. The Kier molecular flexibility index (Phi) is 3.68. The topological polar surface area (TPSA) is 23.5 Å². The Morgan fingerprint density at radius 3 is 2.60 bits per heavy atom. The van der Waals surface area contributed by atoms with Crippen molar-refractivity contribution in [1.82, 2.24) is 4.90 Å². The summed E-state index contributed by atoms with van der Waals surface area (Å²) in [5.74, 6) is 0.716. The first-order valence-corrected chi connectivity index (χ1v) is 6.63. The van der Waals surface area contributed by atoms with Gasteiger partial charge >= 0.3 is 0 Å². The van der Waals surface area contributed by atoms with Crippen LogP contribution in [0.2, 0.25) is 0 Å². The summed E-state index contributed by atoms with van der Waals surface area (Å²) in [5.41, 5.74) is -0.366. The third-order valence-electron chi connectivity index (χ3n) is 4.03. The lowest BCUT2D eigenvalue weighted by molar-refractivity contribution is -0.0429. The van der Waals surface area contributed by atoms with Crippen LogP contribution in [0.1, 0.15) is 51.9 Å². The Bertz CT molecular complexity index is 201. The minimum absolute atomic E-state index is 0.366. The van der Waals surface area contributed by atoms with Crippen LogP contribution in [0, 0.1) is 5.92 Å². The van der Waals surface area contributed by atoms with E-state index in [-0.39, 0.29) is 5.60 Å². The maximum absolute atomic E-state index is 10.6. The van der Waals surface area contributed by atoms with E-state index in [1.165, 1.54) is 45.2 Å². The number of likely N-dealkylation sites (tertiary alicyclic amines) is 1. The van der Waals surface area contributed by atoms with Crippen LogP contribution >= 0.6 is 0 Å². The molecule has 2 rings (SSSR count). The minimum atomic E-state index is -0.366. The average molecular weight is 211 g/mol. The van der Waals surface area contributed by atoms with Gasteiger partial charge in [0, 0.05) is 6.54 Å². The fourth-order valence-corrected chi connectivity index (χ4v) is 3.31. The Hall–Kier alpha value is -0.0800. The van der Waals surface area contributed by atoms with Gasteiger partial charge in [-0.1, -0.05) is 26.2 Å². The van der Waals surface area contributed by atoms with Gasteiger partial charge in [0.15, 0.2) is 0 Å². The Labute approximate surface area is 93.7 Å². The van der Waals surface area contributed by atoms with Gasteiger partial charge in [-0.15, -0.1) is 0 Å². The summed E-state index contributed by atoms with van der Waals surface area (Å²) in [7, 11) is 0. The smallest absolute Gasteiger partial charge is 0.0776 e. The van der Waals surface area contributed by atoms with Crippen LogP contribution in [-0.2, 0) is 0 Å². The van der Waals surface area contributed by atoms with Crippen molar-refractivity contribution in [2.45, 2.75) is 57.5 Å². The number of β-amino-alcohol motifs (C(OH)–C–C–N with tert-alkyl or cyclic N) is 1. The molecule has 0 radical (unpaired) electrons. The van der Waals surface area contributed by atoms with Crippen LogP contribution in [0.25, 0.3) is 0 Å². The van der Waals surface area contributed by atoms with Crippen molar-refractivity contribution >= 4 is 0 Å². The second-order valence-corrected chi connectivity index (χ2v) is 5.76. The first-order chi connectivity index (χ1) is 7.18. The van der Waals surface area contributed by atoms with Gasteiger partial charge in [-0.3, -0.25) is 0 Å². The van der Waals surface area contributed by atoms with Crippen LogP contribution in [0.15, 0.2) is 0 Å². The van der Waals surface area contributed by atoms with E-state index in [0.29, 0.717) is 5.92 Å². The highest BCUT2D eigenvalue weighted by Crippen LogP contribution is 2.33.